The Labute approximate surface area is 114 Å². The first-order chi connectivity index (χ1) is 8.86. The van der Waals surface area contributed by atoms with Crippen molar-refractivity contribution in [2.24, 2.45) is 0 Å². The largest absolute Gasteiger partial charge is 0.444 e. The number of nitrogens with zero attached hydrogens (tertiary/aromatic N) is 1. The number of carbonyl (C=O) groups excluding carboxylic acids is 1. The summed E-state index contributed by atoms with van der Waals surface area (Å²) in [5, 5.41) is 9.64. The van der Waals surface area contributed by atoms with Crippen LogP contribution in [0.2, 0.25) is 0 Å². The lowest BCUT2D eigenvalue weighted by atomic mass is 9.74. The molecular weight excluding hydrogens is 242 g/mol. The van der Waals surface area contributed by atoms with Crippen LogP contribution in [-0.4, -0.2) is 41.4 Å². The molecule has 1 fully saturated rings. The first-order valence-electron chi connectivity index (χ1n) is 6.51. The van der Waals surface area contributed by atoms with Crippen LogP contribution in [0.15, 0.2) is 30.3 Å². The van der Waals surface area contributed by atoms with Gasteiger partial charge in [-0.1, -0.05) is 30.3 Å². The van der Waals surface area contributed by atoms with E-state index in [1.54, 1.807) is 4.90 Å². The van der Waals surface area contributed by atoms with E-state index in [1.807, 2.05) is 51.1 Å². The Morgan fingerprint density at radius 3 is 2.37 bits per heavy atom. The van der Waals surface area contributed by atoms with Crippen molar-refractivity contribution < 1.29 is 14.6 Å². The molecule has 4 nitrogen and oxygen atoms in total. The SMILES string of the molecule is CC(C)(C)OC(=O)N1CC(CO)(c2ccccc2)C1. The molecule has 2 rings (SSSR count). The fourth-order valence-electron chi connectivity index (χ4n) is 2.31. The minimum atomic E-state index is -0.485. The molecule has 1 heterocycles. The van der Waals surface area contributed by atoms with Crippen LogP contribution in [0.1, 0.15) is 26.3 Å². The second-order valence-electron chi connectivity index (χ2n) is 6.14. The molecule has 1 aromatic rings. The van der Waals surface area contributed by atoms with Gasteiger partial charge in [0.05, 0.1) is 12.0 Å². The predicted molar refractivity (Wildman–Crippen MR) is 73.0 cm³/mol. The molecule has 0 atom stereocenters. The number of aliphatic hydroxyl groups is 1. The summed E-state index contributed by atoms with van der Waals surface area (Å²) >= 11 is 0. The van der Waals surface area contributed by atoms with Crippen molar-refractivity contribution in [3.05, 3.63) is 35.9 Å². The molecule has 1 amide bonds. The third kappa shape index (κ3) is 2.89. The Bertz CT molecular complexity index is 444. The number of amides is 1. The van der Waals surface area contributed by atoms with Gasteiger partial charge in [-0.2, -0.15) is 0 Å². The van der Waals surface area contributed by atoms with Gasteiger partial charge in [-0.15, -0.1) is 0 Å². The van der Waals surface area contributed by atoms with Gasteiger partial charge in [-0.05, 0) is 26.3 Å². The number of likely N-dealkylation sites (tertiary alicyclic amines) is 1. The minimum absolute atomic E-state index is 0.0380. The summed E-state index contributed by atoms with van der Waals surface area (Å²) < 4.78 is 5.32. The normalized spacial score (nSPS) is 17.8. The van der Waals surface area contributed by atoms with Crippen LogP contribution in [0, 0.1) is 0 Å². The van der Waals surface area contributed by atoms with E-state index in [1.165, 1.54) is 0 Å². The van der Waals surface area contributed by atoms with Gasteiger partial charge < -0.3 is 14.7 Å². The summed E-state index contributed by atoms with van der Waals surface area (Å²) in [5.41, 5.74) is 0.247. The molecule has 0 bridgehead atoms. The molecule has 4 heteroatoms. The lowest BCUT2D eigenvalue weighted by molar-refractivity contribution is -0.0227. The van der Waals surface area contributed by atoms with Gasteiger partial charge in [0.2, 0.25) is 0 Å². The molecule has 104 valence electrons. The van der Waals surface area contributed by atoms with Crippen molar-refractivity contribution in [3.63, 3.8) is 0 Å². The highest BCUT2D eigenvalue weighted by molar-refractivity contribution is 5.70. The number of carbonyl (C=O) groups is 1. The maximum Gasteiger partial charge on any atom is 0.410 e. The number of hydrogen-bond donors (Lipinski definition) is 1. The Morgan fingerprint density at radius 1 is 1.32 bits per heavy atom. The van der Waals surface area contributed by atoms with Gasteiger partial charge in [0, 0.05) is 13.1 Å². The van der Waals surface area contributed by atoms with E-state index >= 15 is 0 Å². The molecule has 0 spiro atoms. The van der Waals surface area contributed by atoms with Crippen molar-refractivity contribution in [3.8, 4) is 0 Å². The summed E-state index contributed by atoms with van der Waals surface area (Å²) in [6.07, 6.45) is -0.312. The van der Waals surface area contributed by atoms with Crippen LogP contribution in [-0.2, 0) is 10.2 Å². The van der Waals surface area contributed by atoms with E-state index in [0.29, 0.717) is 13.1 Å². The minimum Gasteiger partial charge on any atom is -0.444 e. The molecule has 0 radical (unpaired) electrons. The van der Waals surface area contributed by atoms with Gasteiger partial charge in [-0.3, -0.25) is 0 Å². The molecule has 1 aromatic carbocycles. The zero-order valence-electron chi connectivity index (χ0n) is 11.7. The monoisotopic (exact) mass is 263 g/mol. The van der Waals surface area contributed by atoms with Crippen molar-refractivity contribution in [1.29, 1.82) is 0 Å². The van der Waals surface area contributed by atoms with E-state index in [9.17, 15) is 9.90 Å². The lowest BCUT2D eigenvalue weighted by Gasteiger charge is -2.49. The van der Waals surface area contributed by atoms with Crippen molar-refractivity contribution in [2.75, 3.05) is 19.7 Å². The summed E-state index contributed by atoms with van der Waals surface area (Å²) in [6, 6.07) is 9.82. The van der Waals surface area contributed by atoms with Gasteiger partial charge >= 0.3 is 6.09 Å². The van der Waals surface area contributed by atoms with Crippen LogP contribution in [0.4, 0.5) is 4.79 Å². The van der Waals surface area contributed by atoms with Crippen LogP contribution in [0.5, 0.6) is 0 Å². The quantitative estimate of drug-likeness (QED) is 0.889. The van der Waals surface area contributed by atoms with E-state index in [0.717, 1.165) is 5.56 Å². The van der Waals surface area contributed by atoms with Gasteiger partial charge in [0.15, 0.2) is 0 Å². The zero-order valence-corrected chi connectivity index (χ0v) is 11.7. The number of rotatable bonds is 2. The average molecular weight is 263 g/mol. The zero-order chi connectivity index (χ0) is 14.1. The second kappa shape index (κ2) is 4.85. The predicted octanol–water partition coefficient (Wildman–Crippen LogP) is 2.17. The molecule has 1 aliphatic heterocycles. The highest BCUT2D eigenvalue weighted by atomic mass is 16.6. The standard InChI is InChI=1S/C15H21NO3/c1-14(2,3)19-13(18)16-9-15(10-16,11-17)12-7-5-4-6-8-12/h4-8,17H,9-11H2,1-3H3. The maximum absolute atomic E-state index is 11.9. The van der Waals surface area contributed by atoms with Crippen LogP contribution in [0.25, 0.3) is 0 Å². The molecule has 1 N–H and O–H groups in total. The number of aliphatic hydroxyl groups excluding tert-OH is 1. The number of ether oxygens (including phenoxy) is 1. The molecule has 0 unspecified atom stereocenters. The third-order valence-electron chi connectivity index (χ3n) is 3.33. The molecule has 19 heavy (non-hydrogen) atoms. The average Bonchev–Trinajstić information content (AvgIpc) is 2.27. The molecule has 0 aliphatic carbocycles. The maximum atomic E-state index is 11.9. The Morgan fingerprint density at radius 2 is 1.89 bits per heavy atom. The topological polar surface area (TPSA) is 49.8 Å². The first kappa shape index (κ1) is 13.9. The molecular formula is C15H21NO3. The highest BCUT2D eigenvalue weighted by Gasteiger charge is 2.47. The van der Waals surface area contributed by atoms with Crippen LogP contribution < -0.4 is 0 Å². The summed E-state index contributed by atoms with van der Waals surface area (Å²) in [7, 11) is 0. The lowest BCUT2D eigenvalue weighted by Crippen LogP contribution is -2.63. The van der Waals surface area contributed by atoms with Crippen molar-refractivity contribution >= 4 is 6.09 Å². The van der Waals surface area contributed by atoms with E-state index in [-0.39, 0.29) is 18.1 Å². The molecule has 1 saturated heterocycles. The summed E-state index contributed by atoms with van der Waals surface area (Å²) in [4.78, 5) is 13.5. The van der Waals surface area contributed by atoms with E-state index in [2.05, 4.69) is 0 Å². The third-order valence-corrected chi connectivity index (χ3v) is 3.33. The van der Waals surface area contributed by atoms with E-state index < -0.39 is 5.60 Å². The van der Waals surface area contributed by atoms with Gasteiger partial charge in [0.25, 0.3) is 0 Å². The van der Waals surface area contributed by atoms with E-state index in [4.69, 9.17) is 4.74 Å². The second-order valence-corrected chi connectivity index (χ2v) is 6.14. The fourth-order valence-corrected chi connectivity index (χ4v) is 2.31. The first-order valence-corrected chi connectivity index (χ1v) is 6.51. The molecule has 1 aliphatic rings. The van der Waals surface area contributed by atoms with Crippen LogP contribution in [0.3, 0.4) is 0 Å². The van der Waals surface area contributed by atoms with Crippen LogP contribution >= 0.6 is 0 Å². The summed E-state index contributed by atoms with van der Waals surface area (Å²) in [6.45, 7) is 6.59. The smallest absolute Gasteiger partial charge is 0.410 e. The Hall–Kier alpha value is -1.55. The Kier molecular flexibility index (Phi) is 3.54. The van der Waals surface area contributed by atoms with Crippen molar-refractivity contribution in [1.82, 2.24) is 4.90 Å². The summed E-state index contributed by atoms with van der Waals surface area (Å²) in [5.74, 6) is 0. The van der Waals surface area contributed by atoms with Crippen molar-refractivity contribution in [2.45, 2.75) is 31.8 Å². The highest BCUT2D eigenvalue weighted by Crippen LogP contribution is 2.34. The van der Waals surface area contributed by atoms with Gasteiger partial charge in [-0.25, -0.2) is 4.79 Å². The Balaban J connectivity index is 2.02. The number of hydrogen-bond acceptors (Lipinski definition) is 3. The molecule has 0 aromatic heterocycles. The van der Waals surface area contributed by atoms with Gasteiger partial charge in [0.1, 0.15) is 5.60 Å². The number of benzene rings is 1. The molecule has 0 saturated carbocycles. The fraction of sp³-hybridized carbons (Fsp3) is 0.533.